The van der Waals surface area contributed by atoms with Gasteiger partial charge in [0.15, 0.2) is 5.82 Å². The van der Waals surface area contributed by atoms with E-state index in [0.29, 0.717) is 18.3 Å². The van der Waals surface area contributed by atoms with Gasteiger partial charge in [0, 0.05) is 38.0 Å². The fourth-order valence-corrected chi connectivity index (χ4v) is 2.22. The van der Waals surface area contributed by atoms with E-state index in [0.717, 1.165) is 11.1 Å². The van der Waals surface area contributed by atoms with Crippen molar-refractivity contribution in [2.45, 2.75) is 6.54 Å². The van der Waals surface area contributed by atoms with Crippen LogP contribution in [-0.2, 0) is 6.54 Å². The summed E-state index contributed by atoms with van der Waals surface area (Å²) in [6, 6.07) is 6.29. The van der Waals surface area contributed by atoms with Crippen LogP contribution in [0.5, 0.6) is 0 Å². The van der Waals surface area contributed by atoms with Gasteiger partial charge < -0.3 is 10.6 Å². The molecular formula is C15H16N8O2. The monoisotopic (exact) mass is 340 g/mol. The SMILES string of the molecule is CN(C)c1nc(N)nc(Cn2cc(-c3ccc([N+](=O)[O-])cc3)cn2)n1. The molecule has 10 nitrogen and oxygen atoms in total. The van der Waals surface area contributed by atoms with Crippen LogP contribution in [0, 0.1) is 10.1 Å². The van der Waals surface area contributed by atoms with Gasteiger partial charge in [-0.2, -0.15) is 20.1 Å². The molecule has 0 saturated heterocycles. The van der Waals surface area contributed by atoms with E-state index in [-0.39, 0.29) is 11.6 Å². The number of nitro groups is 1. The summed E-state index contributed by atoms with van der Waals surface area (Å²) in [7, 11) is 3.64. The number of nitro benzene ring substituents is 1. The van der Waals surface area contributed by atoms with Crippen LogP contribution in [0.25, 0.3) is 11.1 Å². The lowest BCUT2D eigenvalue weighted by atomic mass is 10.1. The second-order valence-corrected chi connectivity index (χ2v) is 5.53. The van der Waals surface area contributed by atoms with E-state index in [1.807, 2.05) is 20.3 Å². The van der Waals surface area contributed by atoms with Crippen molar-refractivity contribution in [2.75, 3.05) is 24.7 Å². The number of nitrogens with two attached hydrogens (primary N) is 1. The summed E-state index contributed by atoms with van der Waals surface area (Å²) in [6.45, 7) is 0.334. The van der Waals surface area contributed by atoms with Gasteiger partial charge in [0.05, 0.1) is 11.1 Å². The Balaban J connectivity index is 1.81. The lowest BCUT2D eigenvalue weighted by Crippen LogP contribution is -2.17. The van der Waals surface area contributed by atoms with E-state index in [1.165, 1.54) is 12.1 Å². The topological polar surface area (TPSA) is 129 Å². The maximum Gasteiger partial charge on any atom is 0.269 e. The predicted molar refractivity (Wildman–Crippen MR) is 92.0 cm³/mol. The van der Waals surface area contributed by atoms with Crippen molar-refractivity contribution in [3.05, 3.63) is 52.6 Å². The molecule has 25 heavy (non-hydrogen) atoms. The van der Waals surface area contributed by atoms with Gasteiger partial charge in [0.1, 0.15) is 6.54 Å². The summed E-state index contributed by atoms with van der Waals surface area (Å²) in [5, 5.41) is 15.0. The summed E-state index contributed by atoms with van der Waals surface area (Å²) >= 11 is 0. The fourth-order valence-electron chi connectivity index (χ4n) is 2.22. The molecule has 1 aromatic carbocycles. The molecule has 2 aromatic heterocycles. The minimum Gasteiger partial charge on any atom is -0.368 e. The van der Waals surface area contributed by atoms with Crippen LogP contribution in [0.4, 0.5) is 17.6 Å². The average Bonchev–Trinajstić information content (AvgIpc) is 3.02. The van der Waals surface area contributed by atoms with Gasteiger partial charge in [-0.25, -0.2) is 0 Å². The molecule has 0 aliphatic heterocycles. The first-order valence-corrected chi connectivity index (χ1v) is 7.37. The zero-order valence-corrected chi connectivity index (χ0v) is 13.7. The Labute approximate surface area is 143 Å². The number of benzene rings is 1. The van der Waals surface area contributed by atoms with Gasteiger partial charge in [-0.05, 0) is 17.7 Å². The first-order valence-electron chi connectivity index (χ1n) is 7.37. The third kappa shape index (κ3) is 3.68. The molecule has 0 fully saturated rings. The Morgan fingerprint density at radius 1 is 1.16 bits per heavy atom. The minimum absolute atomic E-state index is 0.0491. The van der Waals surface area contributed by atoms with E-state index in [2.05, 4.69) is 20.1 Å². The highest BCUT2D eigenvalue weighted by Crippen LogP contribution is 2.22. The first kappa shape index (κ1) is 16.3. The normalized spacial score (nSPS) is 10.6. The predicted octanol–water partition coefficient (Wildman–Crippen LogP) is 1.34. The number of aromatic nitrogens is 5. The molecule has 3 aromatic rings. The van der Waals surface area contributed by atoms with Gasteiger partial charge in [-0.15, -0.1) is 0 Å². The van der Waals surface area contributed by atoms with Crippen molar-refractivity contribution in [3.8, 4) is 11.1 Å². The highest BCUT2D eigenvalue weighted by atomic mass is 16.6. The molecule has 128 valence electrons. The van der Waals surface area contributed by atoms with Crippen molar-refractivity contribution < 1.29 is 4.92 Å². The molecule has 10 heteroatoms. The third-order valence-corrected chi connectivity index (χ3v) is 3.44. The lowest BCUT2D eigenvalue weighted by molar-refractivity contribution is -0.384. The number of anilines is 2. The van der Waals surface area contributed by atoms with Crippen molar-refractivity contribution in [3.63, 3.8) is 0 Å². The zero-order valence-electron chi connectivity index (χ0n) is 13.7. The summed E-state index contributed by atoms with van der Waals surface area (Å²) in [4.78, 5) is 24.5. The molecule has 0 unspecified atom stereocenters. The second-order valence-electron chi connectivity index (χ2n) is 5.53. The molecule has 0 aliphatic rings. The highest BCUT2D eigenvalue weighted by Gasteiger charge is 2.10. The Hall–Kier alpha value is -3.56. The van der Waals surface area contributed by atoms with Crippen molar-refractivity contribution in [1.29, 1.82) is 0 Å². The van der Waals surface area contributed by atoms with Gasteiger partial charge in [0.2, 0.25) is 11.9 Å². The Morgan fingerprint density at radius 3 is 2.52 bits per heavy atom. The fraction of sp³-hybridized carbons (Fsp3) is 0.200. The third-order valence-electron chi connectivity index (χ3n) is 3.44. The molecule has 0 atom stereocenters. The van der Waals surface area contributed by atoms with E-state index >= 15 is 0 Å². The van der Waals surface area contributed by atoms with Gasteiger partial charge in [-0.3, -0.25) is 14.8 Å². The van der Waals surface area contributed by atoms with Crippen LogP contribution in [0.1, 0.15) is 5.82 Å². The first-order chi connectivity index (χ1) is 11.9. The van der Waals surface area contributed by atoms with Crippen LogP contribution >= 0.6 is 0 Å². The lowest BCUT2D eigenvalue weighted by Gasteiger charge is -2.11. The Bertz CT molecular complexity index is 904. The van der Waals surface area contributed by atoms with E-state index < -0.39 is 4.92 Å². The van der Waals surface area contributed by atoms with Crippen LogP contribution < -0.4 is 10.6 Å². The number of rotatable bonds is 5. The molecular weight excluding hydrogens is 324 g/mol. The molecule has 0 radical (unpaired) electrons. The standard InChI is InChI=1S/C15H16N8O2/c1-21(2)15-19-13(18-14(16)20-15)9-22-8-11(7-17-22)10-3-5-12(6-4-10)23(24)25/h3-8H,9H2,1-2H3,(H2,16,18,19,20). The summed E-state index contributed by atoms with van der Waals surface area (Å²) < 4.78 is 1.67. The second kappa shape index (κ2) is 6.51. The largest absolute Gasteiger partial charge is 0.368 e. The molecule has 2 N–H and O–H groups in total. The number of non-ortho nitro benzene ring substituents is 1. The zero-order chi connectivity index (χ0) is 18.0. The Kier molecular flexibility index (Phi) is 4.25. The van der Waals surface area contributed by atoms with Gasteiger partial charge >= 0.3 is 0 Å². The maximum absolute atomic E-state index is 10.7. The minimum atomic E-state index is -0.430. The van der Waals surface area contributed by atoms with E-state index in [4.69, 9.17) is 5.73 Å². The molecule has 2 heterocycles. The average molecular weight is 340 g/mol. The molecule has 0 saturated carbocycles. The Morgan fingerprint density at radius 2 is 1.88 bits per heavy atom. The van der Waals surface area contributed by atoms with Crippen LogP contribution in [0.3, 0.4) is 0 Å². The van der Waals surface area contributed by atoms with E-state index in [1.54, 1.807) is 27.9 Å². The number of hydrogen-bond donors (Lipinski definition) is 1. The molecule has 3 rings (SSSR count). The molecule has 0 aliphatic carbocycles. The molecule has 0 spiro atoms. The number of nitrogens with zero attached hydrogens (tertiary/aromatic N) is 7. The number of nitrogen functional groups attached to an aromatic ring is 1. The van der Waals surface area contributed by atoms with Gasteiger partial charge in [-0.1, -0.05) is 0 Å². The number of hydrogen-bond acceptors (Lipinski definition) is 8. The molecule has 0 amide bonds. The van der Waals surface area contributed by atoms with Gasteiger partial charge in [0.25, 0.3) is 5.69 Å². The summed E-state index contributed by atoms with van der Waals surface area (Å²) in [6.07, 6.45) is 3.50. The van der Waals surface area contributed by atoms with Crippen LogP contribution in [0.2, 0.25) is 0 Å². The quantitative estimate of drug-likeness (QED) is 0.544. The molecule has 0 bridgehead atoms. The smallest absolute Gasteiger partial charge is 0.269 e. The van der Waals surface area contributed by atoms with Crippen molar-refractivity contribution in [2.24, 2.45) is 0 Å². The van der Waals surface area contributed by atoms with Crippen molar-refractivity contribution in [1.82, 2.24) is 24.7 Å². The van der Waals surface area contributed by atoms with Crippen molar-refractivity contribution >= 4 is 17.6 Å². The summed E-state index contributed by atoms with van der Waals surface area (Å²) in [5.41, 5.74) is 7.43. The summed E-state index contributed by atoms with van der Waals surface area (Å²) in [5.74, 6) is 1.12. The highest BCUT2D eigenvalue weighted by molar-refractivity contribution is 5.63. The van der Waals surface area contributed by atoms with Crippen LogP contribution in [0.15, 0.2) is 36.7 Å². The maximum atomic E-state index is 10.7. The van der Waals surface area contributed by atoms with E-state index in [9.17, 15) is 10.1 Å². The van der Waals surface area contributed by atoms with Crippen LogP contribution in [-0.4, -0.2) is 43.8 Å².